The number of benzene rings is 1. The second kappa shape index (κ2) is 6.42. The molecule has 7 nitrogen and oxygen atoms in total. The Morgan fingerprint density at radius 3 is 2.58 bits per heavy atom. The van der Waals surface area contributed by atoms with Gasteiger partial charge in [0, 0.05) is 18.1 Å². The van der Waals surface area contributed by atoms with Crippen LogP contribution in [0.25, 0.3) is 0 Å². The first kappa shape index (κ1) is 17.3. The molecule has 1 aromatic carbocycles. The molecule has 2 N–H and O–H groups in total. The highest BCUT2D eigenvalue weighted by Crippen LogP contribution is 2.35. The molecule has 3 rings (SSSR count). The first-order chi connectivity index (χ1) is 11.4. The third kappa shape index (κ3) is 2.53. The number of halogens is 1. The van der Waals surface area contributed by atoms with Crippen LogP contribution in [0, 0.1) is 5.92 Å². The van der Waals surface area contributed by atoms with Crippen LogP contribution in [0.1, 0.15) is 27.6 Å². The number of aliphatic hydroxyl groups excluding tert-OH is 2. The molecule has 2 heterocycles. The average Bonchev–Trinajstić information content (AvgIpc) is 2.81. The molecule has 0 saturated carbocycles. The van der Waals surface area contributed by atoms with Gasteiger partial charge in [0.15, 0.2) is 6.29 Å². The van der Waals surface area contributed by atoms with Crippen molar-refractivity contribution in [1.82, 2.24) is 4.90 Å². The molecule has 0 bridgehead atoms. The number of amides is 2. The molecule has 2 aliphatic rings. The predicted molar refractivity (Wildman–Crippen MR) is 83.7 cm³/mol. The smallest absolute Gasteiger partial charge is 0.262 e. The second-order valence-corrected chi connectivity index (χ2v) is 6.41. The fourth-order valence-electron chi connectivity index (χ4n) is 3.25. The molecule has 24 heavy (non-hydrogen) atoms. The molecule has 0 radical (unpaired) electrons. The molecular weight excluding hydrogens is 338 g/mol. The molecule has 1 fully saturated rings. The van der Waals surface area contributed by atoms with Crippen LogP contribution in [0.4, 0.5) is 0 Å². The number of imide groups is 1. The van der Waals surface area contributed by atoms with E-state index in [0.717, 1.165) is 4.90 Å². The molecule has 5 atom stereocenters. The highest BCUT2D eigenvalue weighted by molar-refractivity contribution is 6.32. The number of hydrogen-bond acceptors (Lipinski definition) is 6. The largest absolute Gasteiger partial charge is 0.394 e. The maximum atomic E-state index is 12.7. The number of rotatable bonds is 3. The monoisotopic (exact) mass is 355 g/mol. The molecule has 1 saturated heterocycles. The Kier molecular flexibility index (Phi) is 4.63. The summed E-state index contributed by atoms with van der Waals surface area (Å²) in [6, 6.07) is 3.42. The van der Waals surface area contributed by atoms with E-state index in [4.69, 9.17) is 21.1 Å². The summed E-state index contributed by atoms with van der Waals surface area (Å²) in [4.78, 5) is 26.3. The Hall–Kier alpha value is -1.51. The Morgan fingerprint density at radius 1 is 1.29 bits per heavy atom. The zero-order valence-electron chi connectivity index (χ0n) is 13.2. The number of hydrogen-bond donors (Lipinski definition) is 2. The van der Waals surface area contributed by atoms with Gasteiger partial charge in [-0.15, -0.1) is 0 Å². The lowest BCUT2D eigenvalue weighted by atomic mass is 9.88. The number of carbonyl (C=O) groups is 2. The average molecular weight is 356 g/mol. The molecule has 2 aliphatic heterocycles. The summed E-state index contributed by atoms with van der Waals surface area (Å²) in [6.45, 7) is 1.38. The van der Waals surface area contributed by atoms with E-state index in [1.165, 1.54) is 25.3 Å². The van der Waals surface area contributed by atoms with Crippen molar-refractivity contribution in [2.75, 3.05) is 13.7 Å². The van der Waals surface area contributed by atoms with Gasteiger partial charge in [-0.3, -0.25) is 14.5 Å². The molecule has 1 aromatic rings. The molecule has 0 aliphatic carbocycles. The van der Waals surface area contributed by atoms with Crippen molar-refractivity contribution >= 4 is 23.4 Å². The van der Waals surface area contributed by atoms with Gasteiger partial charge in [0.2, 0.25) is 0 Å². The number of nitrogens with zero attached hydrogens (tertiary/aromatic N) is 1. The molecule has 0 aromatic heterocycles. The van der Waals surface area contributed by atoms with Gasteiger partial charge in [0.05, 0.1) is 29.9 Å². The lowest BCUT2D eigenvalue weighted by molar-refractivity contribution is -0.256. The maximum absolute atomic E-state index is 12.7. The predicted octanol–water partition coefficient (Wildman–Crippen LogP) is 0.665. The number of ether oxygens (including phenoxy) is 2. The van der Waals surface area contributed by atoms with Crippen LogP contribution in [0.15, 0.2) is 18.2 Å². The van der Waals surface area contributed by atoms with Crippen molar-refractivity contribution in [2.45, 2.75) is 31.5 Å². The standard InChI is InChI=1S/C16H18ClNO6/c1-7-11(6-19)24-16(23-2)12(13(7)20)18-14(21)9-4-3-8(17)5-10(9)15(18)22/h3-5,7,11-13,16,19-20H,6H2,1-2H3/t7-,11?,12?,13?,16-/m1/s1. The van der Waals surface area contributed by atoms with Crippen LogP contribution in [0.2, 0.25) is 5.02 Å². The van der Waals surface area contributed by atoms with Crippen molar-refractivity contribution in [3.63, 3.8) is 0 Å². The van der Waals surface area contributed by atoms with E-state index >= 15 is 0 Å². The summed E-state index contributed by atoms with van der Waals surface area (Å²) in [7, 11) is 1.35. The number of fused-ring (bicyclic) bond motifs is 1. The molecular formula is C16H18ClNO6. The summed E-state index contributed by atoms with van der Waals surface area (Å²) in [5.74, 6) is -1.57. The van der Waals surface area contributed by atoms with Crippen molar-refractivity contribution in [3.05, 3.63) is 34.3 Å². The SMILES string of the molecule is CO[C@@H]1OC(CO)[C@@H](C)C(O)C1N1C(=O)c2ccc(Cl)cc2C1=O. The van der Waals surface area contributed by atoms with Crippen LogP contribution in [-0.2, 0) is 9.47 Å². The van der Waals surface area contributed by atoms with Crippen molar-refractivity contribution in [1.29, 1.82) is 0 Å². The lowest BCUT2D eigenvalue weighted by Gasteiger charge is -2.45. The number of aliphatic hydroxyl groups is 2. The second-order valence-electron chi connectivity index (χ2n) is 5.97. The van der Waals surface area contributed by atoms with Crippen LogP contribution in [0.3, 0.4) is 0 Å². The topological polar surface area (TPSA) is 96.3 Å². The van der Waals surface area contributed by atoms with E-state index < -0.39 is 42.3 Å². The van der Waals surface area contributed by atoms with E-state index in [9.17, 15) is 19.8 Å². The normalized spacial score (nSPS) is 33.0. The third-order valence-electron chi connectivity index (χ3n) is 4.65. The first-order valence-electron chi connectivity index (χ1n) is 7.55. The van der Waals surface area contributed by atoms with Crippen molar-refractivity contribution in [3.8, 4) is 0 Å². The van der Waals surface area contributed by atoms with Gasteiger partial charge in [0.1, 0.15) is 6.04 Å². The van der Waals surface area contributed by atoms with E-state index in [2.05, 4.69) is 0 Å². The Bertz CT molecular complexity index is 679. The Balaban J connectivity index is 1.99. The number of carbonyl (C=O) groups excluding carboxylic acids is 2. The third-order valence-corrected chi connectivity index (χ3v) is 4.89. The van der Waals surface area contributed by atoms with Gasteiger partial charge in [-0.1, -0.05) is 18.5 Å². The van der Waals surface area contributed by atoms with Gasteiger partial charge >= 0.3 is 0 Å². The summed E-state index contributed by atoms with van der Waals surface area (Å²) in [5, 5.41) is 20.3. The van der Waals surface area contributed by atoms with E-state index in [-0.39, 0.29) is 17.7 Å². The quantitative estimate of drug-likeness (QED) is 0.773. The van der Waals surface area contributed by atoms with Crippen molar-refractivity contribution < 1.29 is 29.3 Å². The minimum atomic E-state index is -1.10. The summed E-state index contributed by atoms with van der Waals surface area (Å²) in [5.41, 5.74) is 0.412. The van der Waals surface area contributed by atoms with Crippen molar-refractivity contribution in [2.24, 2.45) is 5.92 Å². The van der Waals surface area contributed by atoms with E-state index in [1.807, 2.05) is 0 Å². The summed E-state index contributed by atoms with van der Waals surface area (Å²) >= 11 is 5.91. The minimum absolute atomic E-state index is 0.187. The molecule has 2 amide bonds. The van der Waals surface area contributed by atoms with Crippen LogP contribution >= 0.6 is 11.6 Å². The highest BCUT2D eigenvalue weighted by Gasteiger charge is 2.52. The van der Waals surface area contributed by atoms with E-state index in [1.54, 1.807) is 6.92 Å². The zero-order chi connectivity index (χ0) is 17.6. The molecule has 130 valence electrons. The Morgan fingerprint density at radius 2 is 1.96 bits per heavy atom. The van der Waals surface area contributed by atoms with Crippen LogP contribution in [-0.4, -0.2) is 65.2 Å². The Labute approximate surface area is 143 Å². The van der Waals surface area contributed by atoms with Gasteiger partial charge in [-0.2, -0.15) is 0 Å². The molecule has 0 spiro atoms. The van der Waals surface area contributed by atoms with Crippen LogP contribution < -0.4 is 0 Å². The lowest BCUT2D eigenvalue weighted by Crippen LogP contribution is -2.63. The van der Waals surface area contributed by atoms with Gasteiger partial charge in [-0.05, 0) is 18.2 Å². The van der Waals surface area contributed by atoms with Crippen LogP contribution in [0.5, 0.6) is 0 Å². The summed E-state index contributed by atoms with van der Waals surface area (Å²) < 4.78 is 10.8. The maximum Gasteiger partial charge on any atom is 0.262 e. The van der Waals surface area contributed by atoms with Gasteiger partial charge in [-0.25, -0.2) is 0 Å². The van der Waals surface area contributed by atoms with Gasteiger partial charge in [0.25, 0.3) is 11.8 Å². The summed E-state index contributed by atoms with van der Waals surface area (Å²) in [6.07, 6.45) is -2.78. The fourth-order valence-corrected chi connectivity index (χ4v) is 3.42. The molecule has 3 unspecified atom stereocenters. The first-order valence-corrected chi connectivity index (χ1v) is 7.93. The minimum Gasteiger partial charge on any atom is -0.394 e. The highest BCUT2D eigenvalue weighted by atomic mass is 35.5. The zero-order valence-corrected chi connectivity index (χ0v) is 13.9. The van der Waals surface area contributed by atoms with E-state index in [0.29, 0.717) is 5.02 Å². The fraction of sp³-hybridized carbons (Fsp3) is 0.500. The van der Waals surface area contributed by atoms with Gasteiger partial charge < -0.3 is 19.7 Å². The molecule has 8 heteroatoms. The number of methoxy groups -OCH3 is 1.